The molecule has 3 aliphatic heterocycles. The second-order valence-electron chi connectivity index (χ2n) is 17.6. The minimum atomic E-state index is -2.33. The zero-order chi connectivity index (χ0) is 48.4. The van der Waals surface area contributed by atoms with Crippen molar-refractivity contribution in [2.75, 3.05) is 0 Å². The first-order valence-electron chi connectivity index (χ1n) is 22.3. The molecule has 3 rings (SSSR count). The molecule has 3 heterocycles. The molecule has 0 aliphatic carbocycles. The van der Waals surface area contributed by atoms with Crippen LogP contribution in [-0.2, 0) is 28.5 Å². The highest BCUT2D eigenvalue weighted by Gasteiger charge is 2.51. The summed E-state index contributed by atoms with van der Waals surface area (Å²) in [5.74, 6) is -6.83. The number of hydrogen-bond donors (Lipinski definition) is 12. The summed E-state index contributed by atoms with van der Waals surface area (Å²) in [4.78, 5) is 25.1. The molecule has 18 heteroatoms. The van der Waals surface area contributed by atoms with Crippen LogP contribution in [0.5, 0.6) is 0 Å². The Balaban J connectivity index is 1.86. The fourth-order valence-electron chi connectivity index (χ4n) is 7.97. The lowest BCUT2D eigenvalue weighted by atomic mass is 9.82. The lowest BCUT2D eigenvalue weighted by Crippen LogP contribution is -2.61. The summed E-state index contributed by atoms with van der Waals surface area (Å²) in [5, 5.41) is 118. The van der Waals surface area contributed by atoms with Crippen molar-refractivity contribution in [3.8, 4) is 0 Å². The first kappa shape index (κ1) is 55.9. The van der Waals surface area contributed by atoms with Gasteiger partial charge in [-0.1, -0.05) is 98.9 Å². The van der Waals surface area contributed by atoms with Crippen LogP contribution in [0.15, 0.2) is 85.1 Å². The number of cyclic esters (lactones) is 1. The summed E-state index contributed by atoms with van der Waals surface area (Å²) in [7, 11) is 0. The Bertz CT molecular complexity index is 1670. The molecule has 2 saturated heterocycles. The number of allylic oxidation sites excluding steroid dienone is 12. The van der Waals surface area contributed by atoms with Crippen LogP contribution < -0.4 is 5.73 Å². The van der Waals surface area contributed by atoms with E-state index in [1.165, 1.54) is 13.0 Å². The van der Waals surface area contributed by atoms with Gasteiger partial charge >= 0.3 is 11.9 Å². The average Bonchev–Trinajstić information content (AvgIpc) is 3.21. The van der Waals surface area contributed by atoms with E-state index < -0.39 is 147 Å². The number of esters is 1. The lowest BCUT2D eigenvalue weighted by molar-refractivity contribution is -0.308. The van der Waals surface area contributed by atoms with Crippen molar-refractivity contribution in [2.24, 2.45) is 23.5 Å². The highest BCUT2D eigenvalue weighted by molar-refractivity contribution is 5.71. The number of aliphatic carboxylic acids is 1. The predicted octanol–water partition coefficient (Wildman–Crippen LogP) is 0.712. The number of carbonyl (C=O) groups is 2. The molecular formula is C47H73NO17. The smallest absolute Gasteiger partial charge is 0.311 e. The normalized spacial score (nSPS) is 45.5. The number of nitrogens with two attached hydrogens (primary N) is 1. The topological polar surface area (TPSA) is 320 Å². The maximum atomic E-state index is 12.6. The molecule has 368 valence electrons. The van der Waals surface area contributed by atoms with Crippen molar-refractivity contribution in [2.45, 2.75) is 177 Å². The van der Waals surface area contributed by atoms with E-state index in [9.17, 15) is 65.8 Å². The number of carboxylic acid groups (broad SMARTS) is 1. The van der Waals surface area contributed by atoms with Crippen LogP contribution in [0.4, 0.5) is 0 Å². The van der Waals surface area contributed by atoms with Gasteiger partial charge < -0.3 is 80.9 Å². The molecule has 0 radical (unpaired) electrons. The predicted molar refractivity (Wildman–Crippen MR) is 237 cm³/mol. The van der Waals surface area contributed by atoms with Gasteiger partial charge in [0.2, 0.25) is 0 Å². The Labute approximate surface area is 381 Å². The summed E-state index contributed by atoms with van der Waals surface area (Å²) in [5.41, 5.74) is 6.02. The maximum absolute atomic E-state index is 12.6. The molecule has 0 saturated carbocycles. The minimum Gasteiger partial charge on any atom is -0.481 e. The SMILES string of the molecule is C[C@@H]1[C@H](O)[C@@H](C)\C=C/C=C\C=C/C=C\C=C/C=C\C=C/[C@H](O[C@@H]2O[C@H](C)[C@@H](O)[C@H](N)[C@@H]2O)CC2O[C@](O)(C[C@@H](O)C[C@@H](O)[C@H](O)CC[C@@H](O)C[C@@H](O)CC(=O)O[C@H]1C)C[C@H](O)C2C(=O)O. The van der Waals surface area contributed by atoms with Crippen LogP contribution in [0.3, 0.4) is 0 Å². The fraction of sp³-hybridized carbons (Fsp3) is 0.660. The molecule has 18 nitrogen and oxygen atoms in total. The highest BCUT2D eigenvalue weighted by Crippen LogP contribution is 2.38. The minimum absolute atomic E-state index is 0.107. The third kappa shape index (κ3) is 18.6. The number of aliphatic hydroxyl groups excluding tert-OH is 9. The van der Waals surface area contributed by atoms with Crippen molar-refractivity contribution >= 4 is 11.9 Å². The second kappa shape index (κ2) is 27.4. The Morgan fingerprint density at radius 2 is 1.23 bits per heavy atom. The molecular weight excluding hydrogens is 851 g/mol. The summed E-state index contributed by atoms with van der Waals surface area (Å²) in [6, 6.07) is -1.15. The van der Waals surface area contributed by atoms with Gasteiger partial charge in [-0.15, -0.1) is 0 Å². The average molecular weight is 924 g/mol. The van der Waals surface area contributed by atoms with E-state index in [1.807, 2.05) is 19.1 Å². The van der Waals surface area contributed by atoms with Crippen molar-refractivity contribution in [3.63, 3.8) is 0 Å². The molecule has 13 N–H and O–H groups in total. The van der Waals surface area contributed by atoms with Gasteiger partial charge in [0.1, 0.15) is 18.1 Å². The van der Waals surface area contributed by atoms with E-state index in [4.69, 9.17) is 24.7 Å². The van der Waals surface area contributed by atoms with Crippen LogP contribution >= 0.6 is 0 Å². The standard InChI is InChI=1S/C47H73NO17/c1-27-17-15-13-11-9-7-5-6-8-10-12-14-16-18-34(64-46-44(58)41(48)43(57)30(4)63-46)24-38-40(45(59)60)37(54)26-47(61,65-38)25-33(51)22-36(53)35(52)20-19-31(49)21-32(50)23-39(55)62-29(3)28(2)42(27)56/h5-18,27-38,40-44,46,49-54,56-58,61H,19-26,48H2,1-4H3,(H,59,60)/b6-5-,9-7-,10-8-,13-11-,14-12-,17-15-,18-16-/t27-,28-,29-,30+,31+,32+,33-,34-,35+,36+,37-,38?,40?,41-,42+,43+,44-,46-,47+/m0/s1. The number of carboxylic acids is 1. The van der Waals surface area contributed by atoms with Gasteiger partial charge in [-0.3, -0.25) is 9.59 Å². The number of aliphatic hydroxyl groups is 10. The Morgan fingerprint density at radius 3 is 1.82 bits per heavy atom. The molecule has 0 amide bonds. The van der Waals surface area contributed by atoms with Gasteiger partial charge in [0, 0.05) is 37.5 Å². The summed E-state index contributed by atoms with van der Waals surface area (Å²) in [6.45, 7) is 6.74. The molecule has 0 aromatic heterocycles. The van der Waals surface area contributed by atoms with Crippen LogP contribution in [0.2, 0.25) is 0 Å². The lowest BCUT2D eigenvalue weighted by Gasteiger charge is -2.45. The molecule has 2 unspecified atom stereocenters. The monoisotopic (exact) mass is 923 g/mol. The highest BCUT2D eigenvalue weighted by atomic mass is 16.7. The number of hydrogen-bond acceptors (Lipinski definition) is 17. The van der Waals surface area contributed by atoms with E-state index in [0.29, 0.717) is 0 Å². The Morgan fingerprint density at radius 1 is 0.662 bits per heavy atom. The molecule has 0 aromatic rings. The molecule has 2 bridgehead atoms. The van der Waals surface area contributed by atoms with Crippen molar-refractivity contribution in [1.29, 1.82) is 0 Å². The largest absolute Gasteiger partial charge is 0.481 e. The number of rotatable bonds is 3. The first-order valence-corrected chi connectivity index (χ1v) is 22.3. The Hall–Kier alpha value is -3.44. The van der Waals surface area contributed by atoms with E-state index in [1.54, 1.807) is 80.7 Å². The van der Waals surface area contributed by atoms with Gasteiger partial charge in [-0.05, 0) is 33.1 Å². The van der Waals surface area contributed by atoms with Crippen molar-refractivity contribution < 1.29 is 84.7 Å². The quantitative estimate of drug-likeness (QED) is 0.174. The molecule has 0 aromatic carbocycles. The van der Waals surface area contributed by atoms with Gasteiger partial charge in [-0.2, -0.15) is 0 Å². The number of fused-ring (bicyclic) bond motifs is 2. The van der Waals surface area contributed by atoms with Gasteiger partial charge in [0.15, 0.2) is 12.1 Å². The second-order valence-corrected chi connectivity index (χ2v) is 17.6. The van der Waals surface area contributed by atoms with E-state index >= 15 is 0 Å². The number of carbonyl (C=O) groups excluding carboxylic acids is 1. The molecule has 3 aliphatic rings. The zero-order valence-electron chi connectivity index (χ0n) is 37.6. The molecule has 2 fully saturated rings. The molecule has 65 heavy (non-hydrogen) atoms. The first-order chi connectivity index (χ1) is 30.6. The van der Waals surface area contributed by atoms with Gasteiger partial charge in [-0.25, -0.2) is 0 Å². The fourth-order valence-corrected chi connectivity index (χ4v) is 7.97. The molecule has 19 atom stereocenters. The summed E-state index contributed by atoms with van der Waals surface area (Å²) < 4.78 is 23.1. The maximum Gasteiger partial charge on any atom is 0.311 e. The van der Waals surface area contributed by atoms with Crippen LogP contribution in [-0.4, -0.2) is 166 Å². The third-order valence-electron chi connectivity index (χ3n) is 12.0. The number of ether oxygens (including phenoxy) is 4. The van der Waals surface area contributed by atoms with Crippen molar-refractivity contribution in [3.05, 3.63) is 85.1 Å². The van der Waals surface area contributed by atoms with E-state index in [-0.39, 0.29) is 31.6 Å². The van der Waals surface area contributed by atoms with Crippen LogP contribution in [0, 0.1) is 17.8 Å². The van der Waals surface area contributed by atoms with E-state index in [0.717, 1.165) is 0 Å². The summed E-state index contributed by atoms with van der Waals surface area (Å²) >= 11 is 0. The summed E-state index contributed by atoms with van der Waals surface area (Å²) in [6.07, 6.45) is 3.46. The third-order valence-corrected chi connectivity index (χ3v) is 12.0. The van der Waals surface area contributed by atoms with E-state index in [2.05, 4.69) is 0 Å². The van der Waals surface area contributed by atoms with Crippen molar-refractivity contribution in [1.82, 2.24) is 0 Å². The Kier molecular flexibility index (Phi) is 23.6. The van der Waals surface area contributed by atoms with Gasteiger partial charge in [0.25, 0.3) is 0 Å². The van der Waals surface area contributed by atoms with Gasteiger partial charge in [0.05, 0.1) is 79.6 Å². The molecule has 0 spiro atoms. The van der Waals surface area contributed by atoms with Crippen LogP contribution in [0.1, 0.15) is 79.1 Å². The van der Waals surface area contributed by atoms with Crippen LogP contribution in [0.25, 0.3) is 0 Å². The zero-order valence-corrected chi connectivity index (χ0v) is 37.6.